The van der Waals surface area contributed by atoms with Gasteiger partial charge in [0.05, 0.1) is 4.92 Å². The van der Waals surface area contributed by atoms with E-state index in [0.717, 1.165) is 6.07 Å². The summed E-state index contributed by atoms with van der Waals surface area (Å²) in [6.07, 6.45) is 0. The number of benzene rings is 1. The van der Waals surface area contributed by atoms with Gasteiger partial charge in [-0.15, -0.1) is 0 Å². The third kappa shape index (κ3) is 2.17. The Bertz CT molecular complexity index is 343. The standard InChI is InChI=1S/C8H10FN3O2/c9-6-2-1-3-7(12(13)14)8(6)11-5-4-10/h1-3,11H,4-5,10H2. The molecule has 1 aromatic rings. The molecule has 76 valence electrons. The summed E-state index contributed by atoms with van der Waals surface area (Å²) in [5.74, 6) is -0.646. The van der Waals surface area contributed by atoms with Crippen LogP contribution in [0.2, 0.25) is 0 Å². The average molecular weight is 199 g/mol. The molecule has 0 aliphatic heterocycles. The molecule has 0 aliphatic rings. The number of nitrogens with two attached hydrogens (primary N) is 1. The number of rotatable bonds is 4. The zero-order chi connectivity index (χ0) is 10.6. The first-order valence-corrected chi connectivity index (χ1v) is 4.03. The van der Waals surface area contributed by atoms with E-state index in [9.17, 15) is 14.5 Å². The van der Waals surface area contributed by atoms with Crippen molar-refractivity contribution in [1.82, 2.24) is 0 Å². The Balaban J connectivity index is 3.02. The second kappa shape index (κ2) is 4.52. The largest absolute Gasteiger partial charge is 0.376 e. The molecule has 0 radical (unpaired) electrons. The lowest BCUT2D eigenvalue weighted by Crippen LogP contribution is -2.14. The van der Waals surface area contributed by atoms with Gasteiger partial charge in [0.2, 0.25) is 0 Å². The molecule has 0 unspecified atom stereocenters. The highest BCUT2D eigenvalue weighted by Crippen LogP contribution is 2.26. The fourth-order valence-corrected chi connectivity index (χ4v) is 1.04. The molecule has 0 saturated carbocycles. The lowest BCUT2D eigenvalue weighted by molar-refractivity contribution is -0.384. The Morgan fingerprint density at radius 2 is 2.29 bits per heavy atom. The Hall–Kier alpha value is -1.69. The van der Waals surface area contributed by atoms with Crippen molar-refractivity contribution in [2.24, 2.45) is 5.73 Å². The van der Waals surface area contributed by atoms with Crippen molar-refractivity contribution in [1.29, 1.82) is 0 Å². The maximum Gasteiger partial charge on any atom is 0.295 e. The second-order valence-electron chi connectivity index (χ2n) is 2.61. The van der Waals surface area contributed by atoms with Gasteiger partial charge in [0.15, 0.2) is 5.82 Å². The van der Waals surface area contributed by atoms with E-state index in [1.165, 1.54) is 12.1 Å². The van der Waals surface area contributed by atoms with Gasteiger partial charge in [0, 0.05) is 19.2 Å². The van der Waals surface area contributed by atoms with E-state index in [1.807, 2.05) is 0 Å². The molecular formula is C8H10FN3O2. The first kappa shape index (κ1) is 10.4. The molecule has 0 aliphatic carbocycles. The van der Waals surface area contributed by atoms with Crippen molar-refractivity contribution in [3.63, 3.8) is 0 Å². The molecule has 1 rings (SSSR count). The first-order valence-electron chi connectivity index (χ1n) is 4.03. The van der Waals surface area contributed by atoms with Crippen LogP contribution in [0.4, 0.5) is 15.8 Å². The van der Waals surface area contributed by atoms with E-state index in [1.54, 1.807) is 0 Å². The van der Waals surface area contributed by atoms with Crippen molar-refractivity contribution in [2.45, 2.75) is 0 Å². The fourth-order valence-electron chi connectivity index (χ4n) is 1.04. The molecule has 0 saturated heterocycles. The number of hydrogen-bond donors (Lipinski definition) is 2. The number of nitro groups is 1. The maximum absolute atomic E-state index is 13.1. The molecule has 1 aromatic carbocycles. The highest BCUT2D eigenvalue weighted by atomic mass is 19.1. The zero-order valence-electron chi connectivity index (χ0n) is 7.37. The fraction of sp³-hybridized carbons (Fsp3) is 0.250. The van der Waals surface area contributed by atoms with E-state index >= 15 is 0 Å². The van der Waals surface area contributed by atoms with Crippen LogP contribution in [0.1, 0.15) is 0 Å². The van der Waals surface area contributed by atoms with Crippen molar-refractivity contribution in [2.75, 3.05) is 18.4 Å². The number of anilines is 1. The second-order valence-corrected chi connectivity index (χ2v) is 2.61. The van der Waals surface area contributed by atoms with Crippen LogP contribution in [-0.4, -0.2) is 18.0 Å². The Kier molecular flexibility index (Phi) is 3.35. The van der Waals surface area contributed by atoms with Crippen LogP contribution in [-0.2, 0) is 0 Å². The molecule has 0 aromatic heterocycles. The van der Waals surface area contributed by atoms with Gasteiger partial charge in [0.25, 0.3) is 5.69 Å². The molecule has 5 nitrogen and oxygen atoms in total. The molecule has 3 N–H and O–H groups in total. The predicted octanol–water partition coefficient (Wildman–Crippen LogP) is 1.10. The SMILES string of the molecule is NCCNc1c(F)cccc1[N+](=O)[O-]. The van der Waals surface area contributed by atoms with Crippen LogP contribution >= 0.6 is 0 Å². The summed E-state index contributed by atoms with van der Waals surface area (Å²) in [7, 11) is 0. The summed E-state index contributed by atoms with van der Waals surface area (Å²) < 4.78 is 13.1. The lowest BCUT2D eigenvalue weighted by Gasteiger charge is -2.05. The number of nitrogens with one attached hydrogen (secondary N) is 1. The first-order chi connectivity index (χ1) is 6.66. The topological polar surface area (TPSA) is 81.2 Å². The van der Waals surface area contributed by atoms with Gasteiger partial charge in [-0.05, 0) is 6.07 Å². The van der Waals surface area contributed by atoms with Crippen LogP contribution < -0.4 is 11.1 Å². The van der Waals surface area contributed by atoms with Crippen LogP contribution in [0.25, 0.3) is 0 Å². The molecule has 0 bridgehead atoms. The molecule has 0 amide bonds. The molecule has 0 fully saturated rings. The van der Waals surface area contributed by atoms with Gasteiger partial charge in [0.1, 0.15) is 5.69 Å². The van der Waals surface area contributed by atoms with Crippen LogP contribution in [0.5, 0.6) is 0 Å². The Labute approximate surface area is 79.9 Å². The summed E-state index contributed by atoms with van der Waals surface area (Å²) in [4.78, 5) is 9.87. The average Bonchev–Trinajstić information content (AvgIpc) is 2.15. The van der Waals surface area contributed by atoms with Crippen molar-refractivity contribution in [3.8, 4) is 0 Å². The quantitative estimate of drug-likeness (QED) is 0.562. The van der Waals surface area contributed by atoms with E-state index in [-0.39, 0.29) is 17.9 Å². The lowest BCUT2D eigenvalue weighted by atomic mass is 10.2. The van der Waals surface area contributed by atoms with Gasteiger partial charge in [-0.25, -0.2) is 4.39 Å². The number of nitrogens with zero attached hydrogens (tertiary/aromatic N) is 1. The Morgan fingerprint density at radius 1 is 1.57 bits per heavy atom. The number of para-hydroxylation sites is 1. The van der Waals surface area contributed by atoms with E-state index in [0.29, 0.717) is 6.54 Å². The minimum absolute atomic E-state index is 0.108. The van der Waals surface area contributed by atoms with Crippen LogP contribution in [0, 0.1) is 15.9 Å². The minimum Gasteiger partial charge on any atom is -0.376 e. The van der Waals surface area contributed by atoms with E-state index in [4.69, 9.17) is 5.73 Å². The van der Waals surface area contributed by atoms with Gasteiger partial charge in [-0.2, -0.15) is 0 Å². The summed E-state index contributed by atoms with van der Waals surface area (Å²) in [5, 5.41) is 13.1. The number of hydrogen-bond acceptors (Lipinski definition) is 4. The monoisotopic (exact) mass is 199 g/mol. The van der Waals surface area contributed by atoms with E-state index < -0.39 is 10.7 Å². The van der Waals surface area contributed by atoms with Crippen molar-refractivity contribution in [3.05, 3.63) is 34.1 Å². The van der Waals surface area contributed by atoms with Gasteiger partial charge in [-0.1, -0.05) is 6.07 Å². The van der Waals surface area contributed by atoms with E-state index in [2.05, 4.69) is 5.32 Å². The van der Waals surface area contributed by atoms with Crippen molar-refractivity contribution >= 4 is 11.4 Å². The highest BCUT2D eigenvalue weighted by molar-refractivity contribution is 5.62. The summed E-state index contributed by atoms with van der Waals surface area (Å²) in [5.41, 5.74) is 4.81. The molecule has 0 atom stereocenters. The van der Waals surface area contributed by atoms with Gasteiger partial charge in [-0.3, -0.25) is 10.1 Å². The third-order valence-electron chi connectivity index (χ3n) is 1.63. The molecular weight excluding hydrogens is 189 g/mol. The van der Waals surface area contributed by atoms with Gasteiger partial charge < -0.3 is 11.1 Å². The zero-order valence-corrected chi connectivity index (χ0v) is 7.37. The molecule has 0 spiro atoms. The maximum atomic E-state index is 13.1. The Morgan fingerprint density at radius 3 is 2.86 bits per heavy atom. The van der Waals surface area contributed by atoms with Gasteiger partial charge >= 0.3 is 0 Å². The molecule has 0 heterocycles. The minimum atomic E-state index is -0.646. The van der Waals surface area contributed by atoms with Crippen LogP contribution in [0.15, 0.2) is 18.2 Å². The summed E-state index contributed by atoms with van der Waals surface area (Å²) in [6.45, 7) is 0.577. The summed E-state index contributed by atoms with van der Waals surface area (Å²) >= 11 is 0. The van der Waals surface area contributed by atoms with Crippen molar-refractivity contribution < 1.29 is 9.31 Å². The highest BCUT2D eigenvalue weighted by Gasteiger charge is 2.16. The third-order valence-corrected chi connectivity index (χ3v) is 1.63. The summed E-state index contributed by atoms with van der Waals surface area (Å²) in [6, 6.07) is 3.69. The number of halogens is 1. The smallest absolute Gasteiger partial charge is 0.295 e. The predicted molar refractivity (Wildman–Crippen MR) is 50.6 cm³/mol. The normalized spacial score (nSPS) is 9.86. The molecule has 14 heavy (non-hydrogen) atoms. The number of nitro benzene ring substituents is 1. The van der Waals surface area contributed by atoms with Crippen LogP contribution in [0.3, 0.4) is 0 Å². The molecule has 6 heteroatoms.